The summed E-state index contributed by atoms with van der Waals surface area (Å²) < 4.78 is 19.0. The molecule has 0 radical (unpaired) electrons. The number of benzene rings is 1. The van der Waals surface area contributed by atoms with Gasteiger partial charge in [-0.2, -0.15) is 5.26 Å². The lowest BCUT2D eigenvalue weighted by Crippen LogP contribution is -2.02. The molecule has 4 heteroatoms. The molecule has 0 aliphatic carbocycles. The number of halogens is 1. The normalized spacial score (nSPS) is 10.1. The van der Waals surface area contributed by atoms with Crippen molar-refractivity contribution < 1.29 is 9.13 Å². The molecule has 0 saturated heterocycles. The highest BCUT2D eigenvalue weighted by Crippen LogP contribution is 2.11. The second kappa shape index (κ2) is 6.62. The van der Waals surface area contributed by atoms with Crippen molar-refractivity contribution in [3.05, 3.63) is 65.2 Å². The Labute approximate surface area is 111 Å². The lowest BCUT2D eigenvalue weighted by molar-refractivity contribution is 0.121. The van der Waals surface area contributed by atoms with Crippen LogP contribution in [0.3, 0.4) is 0 Å². The zero-order chi connectivity index (χ0) is 13.5. The van der Waals surface area contributed by atoms with Crippen LogP contribution >= 0.6 is 0 Å². The number of aromatic nitrogens is 1. The van der Waals surface area contributed by atoms with Crippen LogP contribution in [0.1, 0.15) is 16.8 Å². The third kappa shape index (κ3) is 3.87. The van der Waals surface area contributed by atoms with Gasteiger partial charge >= 0.3 is 0 Å². The number of hydrogen-bond acceptors (Lipinski definition) is 3. The van der Waals surface area contributed by atoms with Crippen LogP contribution in [0.25, 0.3) is 0 Å². The van der Waals surface area contributed by atoms with Gasteiger partial charge in [0.1, 0.15) is 5.82 Å². The number of nitrogens with zero attached hydrogens (tertiary/aromatic N) is 2. The van der Waals surface area contributed by atoms with Crippen LogP contribution in [-0.2, 0) is 17.8 Å². The maximum atomic E-state index is 13.5. The molecule has 0 aliphatic heterocycles. The maximum Gasteiger partial charge on any atom is 0.130 e. The molecule has 0 N–H and O–H groups in total. The topological polar surface area (TPSA) is 45.9 Å². The van der Waals surface area contributed by atoms with Crippen molar-refractivity contribution in [3.8, 4) is 6.07 Å². The molecule has 2 rings (SSSR count). The standard InChI is InChI=1S/C15H13FN2O/c16-15-9-12(10-17)4-5-13(15)11-19-8-6-14-3-1-2-7-18-14/h1-5,7,9H,6,8,11H2. The lowest BCUT2D eigenvalue weighted by atomic mass is 10.1. The fraction of sp³-hybridized carbons (Fsp3) is 0.200. The van der Waals surface area contributed by atoms with Gasteiger partial charge < -0.3 is 4.74 Å². The van der Waals surface area contributed by atoms with E-state index in [9.17, 15) is 4.39 Å². The monoisotopic (exact) mass is 256 g/mol. The van der Waals surface area contributed by atoms with Gasteiger partial charge in [0.15, 0.2) is 0 Å². The summed E-state index contributed by atoms with van der Waals surface area (Å²) in [5.74, 6) is -0.406. The van der Waals surface area contributed by atoms with E-state index in [-0.39, 0.29) is 6.61 Å². The van der Waals surface area contributed by atoms with Crippen molar-refractivity contribution in [1.82, 2.24) is 4.98 Å². The first kappa shape index (κ1) is 13.2. The Hall–Kier alpha value is -2.25. The van der Waals surface area contributed by atoms with E-state index in [0.717, 1.165) is 5.69 Å². The predicted molar refractivity (Wildman–Crippen MR) is 68.7 cm³/mol. The Bertz CT molecular complexity index is 578. The van der Waals surface area contributed by atoms with Crippen molar-refractivity contribution in [2.75, 3.05) is 6.61 Å². The molecule has 0 bridgehead atoms. The highest BCUT2D eigenvalue weighted by Gasteiger charge is 2.03. The molecule has 1 aromatic heterocycles. The summed E-state index contributed by atoms with van der Waals surface area (Å²) in [5, 5.41) is 8.64. The second-order valence-corrected chi connectivity index (χ2v) is 4.04. The molecule has 96 valence electrons. The fourth-order valence-electron chi connectivity index (χ4n) is 1.64. The molecule has 0 saturated carbocycles. The molecule has 0 amide bonds. The van der Waals surface area contributed by atoms with Crippen LogP contribution in [-0.4, -0.2) is 11.6 Å². The van der Waals surface area contributed by atoms with Gasteiger partial charge in [0.25, 0.3) is 0 Å². The summed E-state index contributed by atoms with van der Waals surface area (Å²) in [5.41, 5.74) is 1.72. The molecular weight excluding hydrogens is 243 g/mol. The Morgan fingerprint density at radius 1 is 1.26 bits per heavy atom. The predicted octanol–water partition coefficient (Wildman–Crippen LogP) is 2.85. The average Bonchev–Trinajstić information content (AvgIpc) is 2.46. The van der Waals surface area contributed by atoms with Crippen LogP contribution in [0.15, 0.2) is 42.6 Å². The molecule has 1 heterocycles. The van der Waals surface area contributed by atoms with Gasteiger partial charge in [-0.15, -0.1) is 0 Å². The first-order chi connectivity index (χ1) is 9.29. The number of hydrogen-bond donors (Lipinski definition) is 0. The number of nitriles is 1. The average molecular weight is 256 g/mol. The molecule has 0 atom stereocenters. The van der Waals surface area contributed by atoms with Gasteiger partial charge in [-0.25, -0.2) is 4.39 Å². The number of ether oxygens (including phenoxy) is 1. The van der Waals surface area contributed by atoms with E-state index < -0.39 is 5.82 Å². The molecule has 0 spiro atoms. The molecule has 3 nitrogen and oxygen atoms in total. The van der Waals surface area contributed by atoms with Crippen molar-refractivity contribution in [1.29, 1.82) is 5.26 Å². The highest BCUT2D eigenvalue weighted by molar-refractivity contribution is 5.32. The van der Waals surface area contributed by atoms with E-state index in [1.165, 1.54) is 6.07 Å². The first-order valence-electron chi connectivity index (χ1n) is 5.96. The lowest BCUT2D eigenvalue weighted by Gasteiger charge is -2.05. The molecule has 19 heavy (non-hydrogen) atoms. The minimum Gasteiger partial charge on any atom is -0.376 e. The van der Waals surface area contributed by atoms with Crippen LogP contribution in [0.2, 0.25) is 0 Å². The zero-order valence-corrected chi connectivity index (χ0v) is 10.3. The fourth-order valence-corrected chi connectivity index (χ4v) is 1.64. The molecule has 2 aromatic rings. The van der Waals surface area contributed by atoms with Gasteiger partial charge in [0.2, 0.25) is 0 Å². The molecule has 0 unspecified atom stereocenters. The van der Waals surface area contributed by atoms with Crippen LogP contribution in [0.4, 0.5) is 4.39 Å². The summed E-state index contributed by atoms with van der Waals surface area (Å²) >= 11 is 0. The first-order valence-corrected chi connectivity index (χ1v) is 5.96. The third-order valence-electron chi connectivity index (χ3n) is 2.67. The summed E-state index contributed by atoms with van der Waals surface area (Å²) in [6.07, 6.45) is 2.42. The Kier molecular flexibility index (Phi) is 4.60. The minimum atomic E-state index is -0.406. The summed E-state index contributed by atoms with van der Waals surface area (Å²) in [7, 11) is 0. The van der Waals surface area contributed by atoms with Crippen LogP contribution in [0.5, 0.6) is 0 Å². The van der Waals surface area contributed by atoms with E-state index >= 15 is 0 Å². The molecular formula is C15H13FN2O. The van der Waals surface area contributed by atoms with Gasteiger partial charge in [0.05, 0.1) is 24.8 Å². The van der Waals surface area contributed by atoms with Gasteiger partial charge in [-0.1, -0.05) is 12.1 Å². The van der Waals surface area contributed by atoms with Gasteiger partial charge in [0, 0.05) is 23.9 Å². The highest BCUT2D eigenvalue weighted by atomic mass is 19.1. The molecule has 0 aliphatic rings. The molecule has 0 fully saturated rings. The minimum absolute atomic E-state index is 0.199. The van der Waals surface area contributed by atoms with Crippen molar-refractivity contribution in [2.24, 2.45) is 0 Å². The SMILES string of the molecule is N#Cc1ccc(COCCc2ccccn2)c(F)c1. The van der Waals surface area contributed by atoms with E-state index in [2.05, 4.69) is 4.98 Å². The van der Waals surface area contributed by atoms with E-state index in [1.54, 1.807) is 18.3 Å². The summed E-state index contributed by atoms with van der Waals surface area (Å²) in [4.78, 5) is 4.17. The zero-order valence-electron chi connectivity index (χ0n) is 10.3. The van der Waals surface area contributed by atoms with Gasteiger partial charge in [-0.3, -0.25) is 4.98 Å². The Morgan fingerprint density at radius 2 is 2.16 bits per heavy atom. The van der Waals surface area contributed by atoms with E-state index in [4.69, 9.17) is 10.00 Å². The smallest absolute Gasteiger partial charge is 0.130 e. The van der Waals surface area contributed by atoms with Crippen molar-refractivity contribution in [2.45, 2.75) is 13.0 Å². The van der Waals surface area contributed by atoms with Crippen molar-refractivity contribution in [3.63, 3.8) is 0 Å². The summed E-state index contributed by atoms with van der Waals surface area (Å²) in [6, 6.07) is 12.0. The second-order valence-electron chi connectivity index (χ2n) is 4.04. The summed E-state index contributed by atoms with van der Waals surface area (Å²) in [6.45, 7) is 0.681. The van der Waals surface area contributed by atoms with Crippen LogP contribution in [0, 0.1) is 17.1 Å². The van der Waals surface area contributed by atoms with Gasteiger partial charge in [-0.05, 0) is 24.3 Å². The number of rotatable bonds is 5. The quantitative estimate of drug-likeness (QED) is 0.773. The Morgan fingerprint density at radius 3 is 2.84 bits per heavy atom. The molecule has 1 aromatic carbocycles. The third-order valence-corrected chi connectivity index (χ3v) is 2.67. The van der Waals surface area contributed by atoms with E-state index in [0.29, 0.717) is 24.2 Å². The van der Waals surface area contributed by atoms with Crippen LogP contribution < -0.4 is 0 Å². The number of pyridine rings is 1. The largest absolute Gasteiger partial charge is 0.376 e. The Balaban J connectivity index is 1.82. The maximum absolute atomic E-state index is 13.5. The van der Waals surface area contributed by atoms with Crippen molar-refractivity contribution >= 4 is 0 Å². The van der Waals surface area contributed by atoms with E-state index in [1.807, 2.05) is 24.3 Å².